The Morgan fingerprint density at radius 3 is 2.59 bits per heavy atom. The van der Waals surface area contributed by atoms with E-state index < -0.39 is 5.91 Å². The maximum absolute atomic E-state index is 12.2. The summed E-state index contributed by atoms with van der Waals surface area (Å²) >= 11 is 11.8. The molecular weight excluding hydrogens is 319 g/mol. The predicted molar refractivity (Wildman–Crippen MR) is 89.9 cm³/mol. The van der Waals surface area contributed by atoms with Crippen LogP contribution < -0.4 is 5.32 Å². The Morgan fingerprint density at radius 2 is 1.95 bits per heavy atom. The highest BCUT2D eigenvalue weighted by molar-refractivity contribution is 6.42. The Hall–Kier alpha value is -2.28. The van der Waals surface area contributed by atoms with Crippen molar-refractivity contribution < 1.29 is 4.79 Å². The molecule has 0 atom stereocenters. The highest BCUT2D eigenvalue weighted by atomic mass is 35.5. The highest BCUT2D eigenvalue weighted by Gasteiger charge is 2.10. The Bertz CT molecular complexity index is 791. The van der Waals surface area contributed by atoms with Crippen LogP contribution in [0.5, 0.6) is 0 Å². The normalized spacial score (nSPS) is 10.9. The average Bonchev–Trinajstić information content (AvgIpc) is 2.48. The van der Waals surface area contributed by atoms with Gasteiger partial charge in [-0.05, 0) is 48.4 Å². The molecule has 0 heterocycles. The molecule has 2 aromatic carbocycles. The van der Waals surface area contributed by atoms with Crippen molar-refractivity contribution in [3.63, 3.8) is 0 Å². The number of aryl methyl sites for hydroxylation is 1. The molecule has 110 valence electrons. The number of anilines is 1. The van der Waals surface area contributed by atoms with Crippen LogP contribution in [0.25, 0.3) is 6.08 Å². The summed E-state index contributed by atoms with van der Waals surface area (Å²) in [6.07, 6.45) is 1.47. The van der Waals surface area contributed by atoms with Crippen molar-refractivity contribution in [3.05, 3.63) is 69.2 Å². The molecular formula is C17H12Cl2N2O. The second-order valence-corrected chi connectivity index (χ2v) is 5.48. The van der Waals surface area contributed by atoms with Gasteiger partial charge in [-0.1, -0.05) is 41.4 Å². The summed E-state index contributed by atoms with van der Waals surface area (Å²) < 4.78 is 0. The molecule has 0 aromatic heterocycles. The number of nitriles is 1. The topological polar surface area (TPSA) is 52.9 Å². The minimum Gasteiger partial charge on any atom is -0.321 e. The molecule has 2 aromatic rings. The number of hydrogen-bond donors (Lipinski definition) is 1. The van der Waals surface area contributed by atoms with Crippen LogP contribution in [0.2, 0.25) is 10.0 Å². The van der Waals surface area contributed by atoms with Gasteiger partial charge >= 0.3 is 0 Å². The van der Waals surface area contributed by atoms with Crippen LogP contribution in [-0.4, -0.2) is 5.91 Å². The Kier molecular flexibility index (Phi) is 5.21. The van der Waals surface area contributed by atoms with Gasteiger partial charge in [-0.3, -0.25) is 4.79 Å². The van der Waals surface area contributed by atoms with Gasteiger partial charge in [-0.2, -0.15) is 5.26 Å². The molecule has 0 fully saturated rings. The summed E-state index contributed by atoms with van der Waals surface area (Å²) in [5.41, 5.74) is 2.27. The Balaban J connectivity index is 2.23. The number of nitrogens with one attached hydrogen (secondary N) is 1. The summed E-state index contributed by atoms with van der Waals surface area (Å²) in [6, 6.07) is 14.1. The Labute approximate surface area is 138 Å². The fourth-order valence-corrected chi connectivity index (χ4v) is 2.15. The minimum absolute atomic E-state index is 0.0140. The van der Waals surface area contributed by atoms with Gasteiger partial charge in [0.25, 0.3) is 5.91 Å². The minimum atomic E-state index is -0.473. The fourth-order valence-electron chi connectivity index (χ4n) is 1.84. The molecule has 0 unspecified atom stereocenters. The zero-order valence-electron chi connectivity index (χ0n) is 11.7. The van der Waals surface area contributed by atoms with Crippen LogP contribution in [0.1, 0.15) is 11.1 Å². The first kappa shape index (κ1) is 16.1. The molecule has 22 heavy (non-hydrogen) atoms. The SMILES string of the molecule is Cc1cccc(NC(=O)/C(C#N)=C\c2ccc(Cl)c(Cl)c2)c1. The lowest BCUT2D eigenvalue weighted by atomic mass is 10.1. The van der Waals surface area contributed by atoms with Gasteiger partial charge in [0.1, 0.15) is 11.6 Å². The first-order valence-corrected chi connectivity index (χ1v) is 7.20. The number of carbonyl (C=O) groups excluding carboxylic acids is 1. The lowest BCUT2D eigenvalue weighted by Crippen LogP contribution is -2.13. The van der Waals surface area contributed by atoms with E-state index in [1.807, 2.05) is 31.2 Å². The third kappa shape index (κ3) is 4.11. The quantitative estimate of drug-likeness (QED) is 0.646. The van der Waals surface area contributed by atoms with E-state index in [1.165, 1.54) is 6.08 Å². The van der Waals surface area contributed by atoms with Gasteiger partial charge < -0.3 is 5.32 Å². The third-order valence-electron chi connectivity index (χ3n) is 2.90. The van der Waals surface area contributed by atoms with Crippen molar-refractivity contribution in [2.45, 2.75) is 6.92 Å². The van der Waals surface area contributed by atoms with Gasteiger partial charge in [-0.15, -0.1) is 0 Å². The van der Waals surface area contributed by atoms with E-state index in [2.05, 4.69) is 5.32 Å². The predicted octanol–water partition coefficient (Wildman–Crippen LogP) is 4.85. The van der Waals surface area contributed by atoms with Gasteiger partial charge in [0.05, 0.1) is 10.0 Å². The van der Waals surface area contributed by atoms with Crippen molar-refractivity contribution in [2.75, 3.05) is 5.32 Å². The number of benzene rings is 2. The van der Waals surface area contributed by atoms with E-state index in [0.717, 1.165) is 5.56 Å². The van der Waals surface area contributed by atoms with E-state index in [1.54, 1.807) is 24.3 Å². The van der Waals surface area contributed by atoms with Gasteiger partial charge in [0.2, 0.25) is 0 Å². The van der Waals surface area contributed by atoms with Crippen molar-refractivity contribution >= 4 is 40.9 Å². The molecule has 0 aliphatic rings. The monoisotopic (exact) mass is 330 g/mol. The zero-order valence-corrected chi connectivity index (χ0v) is 13.2. The maximum Gasteiger partial charge on any atom is 0.266 e. The summed E-state index contributed by atoms with van der Waals surface area (Å²) in [5.74, 6) is -0.473. The van der Waals surface area contributed by atoms with Crippen LogP contribution in [0.3, 0.4) is 0 Å². The van der Waals surface area contributed by atoms with Gasteiger partial charge in [0, 0.05) is 5.69 Å². The smallest absolute Gasteiger partial charge is 0.266 e. The molecule has 1 amide bonds. The molecule has 5 heteroatoms. The molecule has 0 aliphatic heterocycles. The Morgan fingerprint density at radius 1 is 1.18 bits per heavy atom. The zero-order chi connectivity index (χ0) is 16.1. The van der Waals surface area contributed by atoms with Gasteiger partial charge in [-0.25, -0.2) is 0 Å². The maximum atomic E-state index is 12.2. The number of hydrogen-bond acceptors (Lipinski definition) is 2. The van der Waals surface area contributed by atoms with Crippen molar-refractivity contribution in [1.29, 1.82) is 5.26 Å². The summed E-state index contributed by atoms with van der Waals surface area (Å²) in [7, 11) is 0. The number of halogens is 2. The van der Waals surface area contributed by atoms with E-state index in [9.17, 15) is 10.1 Å². The largest absolute Gasteiger partial charge is 0.321 e. The number of nitrogens with zero attached hydrogens (tertiary/aromatic N) is 1. The number of rotatable bonds is 3. The molecule has 1 N–H and O–H groups in total. The van der Waals surface area contributed by atoms with Crippen LogP contribution >= 0.6 is 23.2 Å². The van der Waals surface area contributed by atoms with E-state index >= 15 is 0 Å². The summed E-state index contributed by atoms with van der Waals surface area (Å²) in [6.45, 7) is 1.92. The van der Waals surface area contributed by atoms with Crippen LogP contribution in [0.4, 0.5) is 5.69 Å². The van der Waals surface area contributed by atoms with Crippen molar-refractivity contribution in [2.24, 2.45) is 0 Å². The molecule has 0 spiro atoms. The second-order valence-electron chi connectivity index (χ2n) is 4.67. The van der Waals surface area contributed by atoms with E-state index in [0.29, 0.717) is 21.3 Å². The van der Waals surface area contributed by atoms with Crippen LogP contribution in [0, 0.1) is 18.3 Å². The fraction of sp³-hybridized carbons (Fsp3) is 0.0588. The molecule has 3 nitrogen and oxygen atoms in total. The summed E-state index contributed by atoms with van der Waals surface area (Å²) in [4.78, 5) is 12.2. The van der Waals surface area contributed by atoms with Crippen LogP contribution in [-0.2, 0) is 4.79 Å². The lowest BCUT2D eigenvalue weighted by molar-refractivity contribution is -0.112. The van der Waals surface area contributed by atoms with Crippen molar-refractivity contribution in [3.8, 4) is 6.07 Å². The molecule has 0 saturated carbocycles. The molecule has 2 rings (SSSR count). The average molecular weight is 331 g/mol. The van der Waals surface area contributed by atoms with Crippen LogP contribution in [0.15, 0.2) is 48.0 Å². The van der Waals surface area contributed by atoms with E-state index in [-0.39, 0.29) is 5.57 Å². The molecule has 0 aliphatic carbocycles. The standard InChI is InChI=1S/C17H12Cl2N2O/c1-11-3-2-4-14(7-11)21-17(22)13(10-20)8-12-5-6-15(18)16(19)9-12/h2-9H,1H3,(H,21,22)/b13-8-. The lowest BCUT2D eigenvalue weighted by Gasteiger charge is -2.05. The molecule has 0 radical (unpaired) electrons. The summed E-state index contributed by atoms with van der Waals surface area (Å²) in [5, 5.41) is 12.7. The number of amides is 1. The molecule has 0 bridgehead atoms. The highest BCUT2D eigenvalue weighted by Crippen LogP contribution is 2.24. The first-order chi connectivity index (χ1) is 10.5. The van der Waals surface area contributed by atoms with E-state index in [4.69, 9.17) is 23.2 Å². The third-order valence-corrected chi connectivity index (χ3v) is 3.63. The molecule has 0 saturated heterocycles. The second kappa shape index (κ2) is 7.13. The van der Waals surface area contributed by atoms with Gasteiger partial charge in [0.15, 0.2) is 0 Å². The van der Waals surface area contributed by atoms with Crippen molar-refractivity contribution in [1.82, 2.24) is 0 Å². The first-order valence-electron chi connectivity index (χ1n) is 6.44. The number of carbonyl (C=O) groups is 1.